The topological polar surface area (TPSA) is 64.4 Å². The summed E-state index contributed by atoms with van der Waals surface area (Å²) >= 11 is 2.91. The van der Waals surface area contributed by atoms with Gasteiger partial charge in [0.25, 0.3) is 5.56 Å². The van der Waals surface area contributed by atoms with E-state index in [1.165, 1.54) is 47.4 Å². The summed E-state index contributed by atoms with van der Waals surface area (Å²) in [6.45, 7) is 2.78. The SMILES string of the molecule is Cc1csc(SCC(=O)N2CCc3c(cc(-c4ccc(OC(F)(F)F)cc4)c(=O)n3C)C2)n1. The zero-order chi connectivity index (χ0) is 23.8. The molecule has 0 bridgehead atoms. The lowest BCUT2D eigenvalue weighted by atomic mass is 9.99. The molecule has 2 aromatic heterocycles. The summed E-state index contributed by atoms with van der Waals surface area (Å²) in [7, 11) is 1.67. The Morgan fingerprint density at radius 1 is 1.27 bits per heavy atom. The van der Waals surface area contributed by atoms with E-state index in [-0.39, 0.29) is 23.0 Å². The lowest BCUT2D eigenvalue weighted by Gasteiger charge is -2.30. The van der Waals surface area contributed by atoms with Crippen molar-refractivity contribution in [2.45, 2.75) is 30.6 Å². The summed E-state index contributed by atoms with van der Waals surface area (Å²) in [4.78, 5) is 31.8. The van der Waals surface area contributed by atoms with Gasteiger partial charge in [-0.1, -0.05) is 23.9 Å². The van der Waals surface area contributed by atoms with Gasteiger partial charge in [-0.2, -0.15) is 0 Å². The van der Waals surface area contributed by atoms with Crippen LogP contribution in [0, 0.1) is 6.92 Å². The monoisotopic (exact) mass is 495 g/mol. The molecule has 0 aliphatic carbocycles. The van der Waals surface area contributed by atoms with Crippen LogP contribution in [0.25, 0.3) is 11.1 Å². The van der Waals surface area contributed by atoms with Crippen LogP contribution in [0.3, 0.4) is 0 Å². The van der Waals surface area contributed by atoms with Gasteiger partial charge in [-0.15, -0.1) is 24.5 Å². The number of pyridine rings is 1. The van der Waals surface area contributed by atoms with E-state index < -0.39 is 6.36 Å². The van der Waals surface area contributed by atoms with Gasteiger partial charge in [0.2, 0.25) is 5.91 Å². The Kier molecular flexibility index (Phi) is 6.53. The predicted octanol–water partition coefficient (Wildman–Crippen LogP) is 4.39. The third kappa shape index (κ3) is 5.41. The molecule has 0 unspecified atom stereocenters. The van der Waals surface area contributed by atoms with Crippen LogP contribution in [-0.2, 0) is 24.8 Å². The van der Waals surface area contributed by atoms with Crippen LogP contribution in [-0.4, -0.2) is 39.0 Å². The Bertz CT molecular complexity index is 1240. The first kappa shape index (κ1) is 23.4. The molecule has 0 fully saturated rings. The van der Waals surface area contributed by atoms with E-state index in [1.807, 2.05) is 12.3 Å². The number of carbonyl (C=O) groups excluding carboxylic acids is 1. The van der Waals surface area contributed by atoms with Crippen LogP contribution < -0.4 is 10.3 Å². The molecule has 11 heteroatoms. The van der Waals surface area contributed by atoms with E-state index >= 15 is 0 Å². The van der Waals surface area contributed by atoms with Crippen molar-refractivity contribution in [2.75, 3.05) is 12.3 Å². The van der Waals surface area contributed by atoms with Crippen molar-refractivity contribution in [3.05, 3.63) is 63.0 Å². The quantitative estimate of drug-likeness (QED) is 0.491. The lowest BCUT2D eigenvalue weighted by molar-refractivity contribution is -0.274. The van der Waals surface area contributed by atoms with E-state index in [2.05, 4.69) is 9.72 Å². The van der Waals surface area contributed by atoms with Gasteiger partial charge in [-0.3, -0.25) is 9.59 Å². The van der Waals surface area contributed by atoms with Crippen LogP contribution in [0.15, 0.2) is 44.8 Å². The number of thiazole rings is 1. The molecule has 1 amide bonds. The van der Waals surface area contributed by atoms with Crippen molar-refractivity contribution in [3.8, 4) is 16.9 Å². The number of halogens is 3. The second kappa shape index (κ2) is 9.22. The summed E-state index contributed by atoms with van der Waals surface area (Å²) in [5.41, 5.74) is 3.22. The number of alkyl halides is 3. The van der Waals surface area contributed by atoms with E-state index in [0.29, 0.717) is 30.6 Å². The van der Waals surface area contributed by atoms with Crippen molar-refractivity contribution in [3.63, 3.8) is 0 Å². The van der Waals surface area contributed by atoms with Gasteiger partial charge in [0.05, 0.1) is 5.75 Å². The summed E-state index contributed by atoms with van der Waals surface area (Å²) in [5.74, 6) is -0.0880. The summed E-state index contributed by atoms with van der Waals surface area (Å²) in [6, 6.07) is 6.92. The number of benzene rings is 1. The molecule has 6 nitrogen and oxygen atoms in total. The number of aromatic nitrogens is 2. The molecule has 1 aliphatic heterocycles. The molecule has 0 N–H and O–H groups in total. The first-order chi connectivity index (χ1) is 15.6. The number of aryl methyl sites for hydroxylation is 1. The van der Waals surface area contributed by atoms with E-state index in [1.54, 1.807) is 22.6 Å². The third-order valence-electron chi connectivity index (χ3n) is 5.28. The van der Waals surface area contributed by atoms with Crippen molar-refractivity contribution >= 4 is 29.0 Å². The molecular formula is C22H20F3N3O3S2. The molecule has 0 atom stereocenters. The van der Waals surface area contributed by atoms with Gasteiger partial charge in [0.1, 0.15) is 5.75 Å². The van der Waals surface area contributed by atoms with E-state index in [0.717, 1.165) is 21.3 Å². The van der Waals surface area contributed by atoms with E-state index in [9.17, 15) is 22.8 Å². The fourth-order valence-corrected chi connectivity index (χ4v) is 5.45. The summed E-state index contributed by atoms with van der Waals surface area (Å²) < 4.78 is 43.5. The minimum Gasteiger partial charge on any atom is -0.406 e. The maximum atomic E-state index is 12.9. The number of hydrogen-bond acceptors (Lipinski definition) is 6. The standard InChI is InChI=1S/C22H20F3N3O3S2/c1-13-11-32-21(26-13)33-12-19(29)28-8-7-18-15(10-28)9-17(20(30)27(18)2)14-3-5-16(6-4-14)31-22(23,24)25/h3-6,9,11H,7-8,10,12H2,1-2H3. The molecule has 1 aliphatic rings. The molecule has 0 saturated carbocycles. The first-order valence-corrected chi connectivity index (χ1v) is 11.9. The average Bonchev–Trinajstić information content (AvgIpc) is 3.19. The highest BCUT2D eigenvalue weighted by atomic mass is 32.2. The highest BCUT2D eigenvalue weighted by molar-refractivity contribution is 8.01. The number of fused-ring (bicyclic) bond motifs is 1. The smallest absolute Gasteiger partial charge is 0.406 e. The van der Waals surface area contributed by atoms with Crippen molar-refractivity contribution in [1.29, 1.82) is 0 Å². The van der Waals surface area contributed by atoms with Crippen molar-refractivity contribution in [1.82, 2.24) is 14.5 Å². The zero-order valence-electron chi connectivity index (χ0n) is 17.8. The number of hydrogen-bond donors (Lipinski definition) is 0. The van der Waals surface area contributed by atoms with Gasteiger partial charge in [-0.25, -0.2) is 4.98 Å². The molecule has 174 valence electrons. The summed E-state index contributed by atoms with van der Waals surface area (Å²) in [6.07, 6.45) is -4.23. The zero-order valence-corrected chi connectivity index (χ0v) is 19.4. The Hall–Kier alpha value is -2.79. The van der Waals surface area contributed by atoms with Gasteiger partial charge >= 0.3 is 6.36 Å². The van der Waals surface area contributed by atoms with Crippen molar-refractivity contribution in [2.24, 2.45) is 7.05 Å². The molecule has 0 radical (unpaired) electrons. The number of rotatable bonds is 5. The fourth-order valence-electron chi connectivity index (χ4n) is 3.70. The highest BCUT2D eigenvalue weighted by Gasteiger charge is 2.31. The van der Waals surface area contributed by atoms with Crippen LogP contribution in [0.5, 0.6) is 5.75 Å². The number of ether oxygens (including phenoxy) is 1. The van der Waals surface area contributed by atoms with Gasteiger partial charge in [0, 0.05) is 48.9 Å². The maximum absolute atomic E-state index is 12.9. The number of amides is 1. The lowest BCUT2D eigenvalue weighted by Crippen LogP contribution is -2.39. The largest absolute Gasteiger partial charge is 0.573 e. The third-order valence-corrected chi connectivity index (χ3v) is 7.40. The molecule has 0 saturated heterocycles. The van der Waals surface area contributed by atoms with Crippen LogP contribution in [0.2, 0.25) is 0 Å². The second-order valence-electron chi connectivity index (χ2n) is 7.58. The van der Waals surface area contributed by atoms with Crippen LogP contribution in [0.4, 0.5) is 13.2 Å². The number of carbonyl (C=O) groups is 1. The minimum absolute atomic E-state index is 0.0115. The number of nitrogens with zero attached hydrogens (tertiary/aromatic N) is 3. The molecule has 33 heavy (non-hydrogen) atoms. The van der Waals surface area contributed by atoms with Gasteiger partial charge < -0.3 is 14.2 Å². The van der Waals surface area contributed by atoms with Crippen LogP contribution in [0.1, 0.15) is 17.0 Å². The average molecular weight is 496 g/mol. The Morgan fingerprint density at radius 3 is 2.64 bits per heavy atom. The Morgan fingerprint density at radius 2 is 2.00 bits per heavy atom. The van der Waals surface area contributed by atoms with Crippen LogP contribution >= 0.6 is 23.1 Å². The molecule has 4 rings (SSSR count). The van der Waals surface area contributed by atoms with Crippen molar-refractivity contribution < 1.29 is 22.7 Å². The molecule has 0 spiro atoms. The number of thioether (sulfide) groups is 1. The Labute approximate surface area is 196 Å². The predicted molar refractivity (Wildman–Crippen MR) is 120 cm³/mol. The molecule has 1 aromatic carbocycles. The minimum atomic E-state index is -4.78. The first-order valence-electron chi connectivity index (χ1n) is 10.0. The maximum Gasteiger partial charge on any atom is 0.573 e. The highest BCUT2D eigenvalue weighted by Crippen LogP contribution is 2.28. The van der Waals surface area contributed by atoms with E-state index in [4.69, 9.17) is 0 Å². The second-order valence-corrected chi connectivity index (χ2v) is 9.66. The summed E-state index contributed by atoms with van der Waals surface area (Å²) in [5, 5.41) is 1.94. The molecular weight excluding hydrogens is 475 g/mol. The normalized spacial score (nSPS) is 13.7. The molecule has 3 aromatic rings. The van der Waals surface area contributed by atoms with Gasteiger partial charge in [0.15, 0.2) is 4.34 Å². The Balaban J connectivity index is 1.53. The van der Waals surface area contributed by atoms with Gasteiger partial charge in [-0.05, 0) is 36.2 Å². The fraction of sp³-hybridized carbons (Fsp3) is 0.318. The molecule has 3 heterocycles.